The minimum Gasteiger partial charge on any atom is -0.492 e. The number of hydrogen-bond donors (Lipinski definition) is 1. The zero-order valence-corrected chi connectivity index (χ0v) is 12.9. The Bertz CT molecular complexity index is 805. The van der Waals surface area contributed by atoms with Crippen LogP contribution in [0.5, 0.6) is 5.75 Å². The maximum Gasteiger partial charge on any atom is 0.312 e. The van der Waals surface area contributed by atoms with Gasteiger partial charge >= 0.3 is 5.97 Å². The zero-order valence-electron chi connectivity index (χ0n) is 12.9. The number of carboxylic acid groups (broad SMARTS) is 1. The van der Waals surface area contributed by atoms with Gasteiger partial charge in [-0.1, -0.05) is 12.1 Å². The molecule has 0 atom stereocenters. The van der Waals surface area contributed by atoms with Gasteiger partial charge in [-0.3, -0.25) is 4.79 Å². The van der Waals surface area contributed by atoms with Gasteiger partial charge in [-0.2, -0.15) is 4.80 Å². The summed E-state index contributed by atoms with van der Waals surface area (Å²) in [5, 5.41) is 17.9. The number of ether oxygens (including phenoxy) is 1. The molecule has 0 unspecified atom stereocenters. The lowest BCUT2D eigenvalue weighted by Crippen LogP contribution is -2.30. The van der Waals surface area contributed by atoms with Crippen molar-refractivity contribution in [1.29, 1.82) is 0 Å². The Morgan fingerprint density at radius 3 is 2.17 bits per heavy atom. The Morgan fingerprint density at radius 2 is 1.65 bits per heavy atom. The van der Waals surface area contributed by atoms with Gasteiger partial charge in [0.2, 0.25) is 0 Å². The molecule has 0 amide bonds. The molecule has 118 valence electrons. The van der Waals surface area contributed by atoms with Crippen molar-refractivity contribution in [2.45, 2.75) is 13.8 Å². The molecule has 0 aliphatic carbocycles. The number of aliphatic carboxylic acids is 1. The molecule has 23 heavy (non-hydrogen) atoms. The van der Waals surface area contributed by atoms with Gasteiger partial charge in [-0.15, -0.1) is 10.2 Å². The van der Waals surface area contributed by atoms with E-state index in [9.17, 15) is 4.79 Å². The van der Waals surface area contributed by atoms with Gasteiger partial charge in [0.1, 0.15) is 23.4 Å². The Hall–Kier alpha value is -2.89. The van der Waals surface area contributed by atoms with Gasteiger partial charge in [-0.05, 0) is 50.2 Å². The van der Waals surface area contributed by atoms with Crippen LogP contribution in [0.3, 0.4) is 0 Å². The first kappa shape index (κ1) is 15.0. The monoisotopic (exact) mass is 311 g/mol. The SMILES string of the molecule is CC(C)(COc1ccc(-n2nc3ccccc3n2)cc1)C(=O)O. The minimum atomic E-state index is -0.931. The average molecular weight is 311 g/mol. The summed E-state index contributed by atoms with van der Waals surface area (Å²) in [4.78, 5) is 12.6. The second-order valence-electron chi connectivity index (χ2n) is 5.95. The van der Waals surface area contributed by atoms with Crippen molar-refractivity contribution in [3.63, 3.8) is 0 Å². The van der Waals surface area contributed by atoms with E-state index >= 15 is 0 Å². The van der Waals surface area contributed by atoms with E-state index < -0.39 is 11.4 Å². The predicted octanol–water partition coefficient (Wildman–Crippen LogP) is 2.91. The third-order valence-electron chi connectivity index (χ3n) is 3.53. The molecule has 0 saturated carbocycles. The molecule has 6 nitrogen and oxygen atoms in total. The van der Waals surface area contributed by atoms with E-state index in [1.807, 2.05) is 36.4 Å². The Morgan fingerprint density at radius 1 is 1.09 bits per heavy atom. The highest BCUT2D eigenvalue weighted by Crippen LogP contribution is 2.20. The molecule has 0 saturated heterocycles. The van der Waals surface area contributed by atoms with Gasteiger partial charge in [0.05, 0.1) is 11.1 Å². The fourth-order valence-electron chi connectivity index (χ4n) is 1.98. The number of hydrogen-bond acceptors (Lipinski definition) is 4. The summed E-state index contributed by atoms with van der Waals surface area (Å²) in [6, 6.07) is 14.9. The Kier molecular flexibility index (Phi) is 3.73. The van der Waals surface area contributed by atoms with Crippen LogP contribution in [0.2, 0.25) is 0 Å². The van der Waals surface area contributed by atoms with Crippen LogP contribution in [0.1, 0.15) is 13.8 Å². The van der Waals surface area contributed by atoms with E-state index in [1.54, 1.807) is 30.8 Å². The summed E-state index contributed by atoms with van der Waals surface area (Å²) in [5.41, 5.74) is 1.54. The van der Waals surface area contributed by atoms with Gasteiger partial charge in [0, 0.05) is 0 Å². The van der Waals surface area contributed by atoms with E-state index in [0.717, 1.165) is 16.7 Å². The third-order valence-corrected chi connectivity index (χ3v) is 3.53. The first-order valence-corrected chi connectivity index (χ1v) is 7.24. The van der Waals surface area contributed by atoms with Crippen molar-refractivity contribution in [2.75, 3.05) is 6.61 Å². The maximum absolute atomic E-state index is 11.1. The lowest BCUT2D eigenvalue weighted by Gasteiger charge is -2.19. The fourth-order valence-corrected chi connectivity index (χ4v) is 1.98. The van der Waals surface area contributed by atoms with Gasteiger partial charge < -0.3 is 9.84 Å². The van der Waals surface area contributed by atoms with Gasteiger partial charge in [0.15, 0.2) is 0 Å². The molecule has 0 spiro atoms. The highest BCUT2D eigenvalue weighted by molar-refractivity contribution is 5.74. The number of rotatable bonds is 5. The molecule has 2 aromatic carbocycles. The third kappa shape index (κ3) is 3.15. The second-order valence-corrected chi connectivity index (χ2v) is 5.95. The first-order valence-electron chi connectivity index (χ1n) is 7.24. The summed E-state index contributed by atoms with van der Waals surface area (Å²) < 4.78 is 5.55. The van der Waals surface area contributed by atoms with Crippen LogP contribution in [0.4, 0.5) is 0 Å². The number of carbonyl (C=O) groups is 1. The quantitative estimate of drug-likeness (QED) is 0.784. The smallest absolute Gasteiger partial charge is 0.312 e. The molecule has 3 rings (SSSR count). The maximum atomic E-state index is 11.1. The minimum absolute atomic E-state index is 0.103. The number of benzene rings is 2. The molecule has 1 heterocycles. The zero-order chi connectivity index (χ0) is 16.4. The van der Waals surface area contributed by atoms with Gasteiger partial charge in [0.25, 0.3) is 0 Å². The molecular formula is C17H17N3O3. The van der Waals surface area contributed by atoms with E-state index in [2.05, 4.69) is 10.2 Å². The summed E-state index contributed by atoms with van der Waals surface area (Å²) in [5.74, 6) is -0.277. The molecule has 1 aromatic heterocycles. The van der Waals surface area contributed by atoms with Crippen LogP contribution >= 0.6 is 0 Å². The van der Waals surface area contributed by atoms with Gasteiger partial charge in [-0.25, -0.2) is 0 Å². The van der Waals surface area contributed by atoms with Crippen LogP contribution in [0.15, 0.2) is 48.5 Å². The molecule has 0 aliphatic rings. The van der Waals surface area contributed by atoms with Crippen molar-refractivity contribution in [3.05, 3.63) is 48.5 Å². The molecule has 6 heteroatoms. The number of carboxylic acids is 1. The fraction of sp³-hybridized carbons (Fsp3) is 0.235. The van der Waals surface area contributed by atoms with E-state index in [4.69, 9.17) is 9.84 Å². The Labute approximate surface area is 133 Å². The normalized spacial score (nSPS) is 11.6. The molecule has 3 aromatic rings. The number of aromatic nitrogens is 3. The van der Waals surface area contributed by atoms with Crippen LogP contribution in [0, 0.1) is 5.41 Å². The van der Waals surface area contributed by atoms with Crippen molar-refractivity contribution >= 4 is 17.0 Å². The van der Waals surface area contributed by atoms with Crippen LogP contribution in [-0.2, 0) is 4.79 Å². The number of fused-ring (bicyclic) bond motifs is 1. The first-order chi connectivity index (χ1) is 11.0. The molecule has 0 radical (unpaired) electrons. The largest absolute Gasteiger partial charge is 0.492 e. The highest BCUT2D eigenvalue weighted by atomic mass is 16.5. The topological polar surface area (TPSA) is 77.2 Å². The number of nitrogens with zero attached hydrogens (tertiary/aromatic N) is 3. The van der Waals surface area contributed by atoms with Crippen LogP contribution < -0.4 is 4.74 Å². The Balaban J connectivity index is 1.75. The average Bonchev–Trinajstić information content (AvgIpc) is 2.97. The van der Waals surface area contributed by atoms with Crippen molar-refractivity contribution < 1.29 is 14.6 Å². The van der Waals surface area contributed by atoms with E-state index in [1.165, 1.54) is 0 Å². The molecule has 0 fully saturated rings. The van der Waals surface area contributed by atoms with Crippen molar-refractivity contribution in [3.8, 4) is 11.4 Å². The lowest BCUT2D eigenvalue weighted by molar-refractivity contribution is -0.148. The standard InChI is InChI=1S/C17H17N3O3/c1-17(2,16(21)22)11-23-13-9-7-12(8-10-13)20-18-14-5-3-4-6-15(14)19-20/h3-10H,11H2,1-2H3,(H,21,22). The molecule has 0 aliphatic heterocycles. The molecule has 0 bridgehead atoms. The van der Waals surface area contributed by atoms with Crippen molar-refractivity contribution in [1.82, 2.24) is 15.0 Å². The lowest BCUT2D eigenvalue weighted by atomic mass is 9.95. The summed E-state index contributed by atoms with van der Waals surface area (Å²) in [7, 11) is 0. The predicted molar refractivity (Wildman–Crippen MR) is 85.8 cm³/mol. The summed E-state index contributed by atoms with van der Waals surface area (Å²) >= 11 is 0. The van der Waals surface area contributed by atoms with Crippen molar-refractivity contribution in [2.24, 2.45) is 5.41 Å². The van der Waals surface area contributed by atoms with E-state index in [0.29, 0.717) is 5.75 Å². The van der Waals surface area contributed by atoms with Crippen LogP contribution in [0.25, 0.3) is 16.7 Å². The summed E-state index contributed by atoms with van der Waals surface area (Å²) in [6.07, 6.45) is 0. The highest BCUT2D eigenvalue weighted by Gasteiger charge is 2.28. The summed E-state index contributed by atoms with van der Waals surface area (Å²) in [6.45, 7) is 3.36. The second kappa shape index (κ2) is 5.72. The molecule has 1 N–H and O–H groups in total. The molecular weight excluding hydrogens is 294 g/mol. The van der Waals surface area contributed by atoms with Crippen LogP contribution in [-0.4, -0.2) is 32.7 Å². The van der Waals surface area contributed by atoms with E-state index in [-0.39, 0.29) is 6.61 Å².